The maximum absolute atomic E-state index is 11.6. The third-order valence-electron chi connectivity index (χ3n) is 2.64. The Kier molecular flexibility index (Phi) is 4.33. The Morgan fingerprint density at radius 1 is 1.28 bits per heavy atom. The van der Waals surface area contributed by atoms with Gasteiger partial charge in [-0.05, 0) is 23.8 Å². The lowest BCUT2D eigenvalue weighted by atomic mass is 10.2. The van der Waals surface area contributed by atoms with Crippen molar-refractivity contribution < 1.29 is 9.53 Å². The van der Waals surface area contributed by atoms with Crippen LogP contribution in [0, 0.1) is 0 Å². The van der Waals surface area contributed by atoms with Gasteiger partial charge >= 0.3 is 0 Å². The van der Waals surface area contributed by atoms with E-state index in [0.29, 0.717) is 18.9 Å². The van der Waals surface area contributed by atoms with E-state index < -0.39 is 0 Å². The monoisotopic (exact) mass is 247 g/mol. The molecule has 0 unspecified atom stereocenters. The van der Waals surface area contributed by atoms with Crippen LogP contribution in [0.3, 0.4) is 0 Å². The van der Waals surface area contributed by atoms with E-state index in [-0.39, 0.29) is 5.91 Å². The number of carbonyl (C=O) groups is 1. The zero-order valence-corrected chi connectivity index (χ0v) is 10.1. The second kappa shape index (κ2) is 6.18. The van der Waals surface area contributed by atoms with Crippen LogP contribution in [-0.2, 0) is 9.53 Å². The van der Waals surface area contributed by atoms with Gasteiger partial charge < -0.3 is 10.5 Å². The van der Waals surface area contributed by atoms with Crippen molar-refractivity contribution in [3.63, 3.8) is 0 Å². The van der Waals surface area contributed by atoms with Crippen molar-refractivity contribution in [1.82, 2.24) is 10.4 Å². The number of nitrogens with zero attached hydrogens (tertiary/aromatic N) is 1. The Bertz CT molecular complexity index is 422. The van der Waals surface area contributed by atoms with Gasteiger partial charge in [0.2, 0.25) is 0 Å². The van der Waals surface area contributed by atoms with E-state index in [0.717, 1.165) is 18.7 Å². The smallest absolute Gasteiger partial charge is 0.258 e. The number of nitrogens with two attached hydrogens (primary N) is 1. The van der Waals surface area contributed by atoms with Crippen molar-refractivity contribution in [3.8, 4) is 0 Å². The number of amides is 1. The molecule has 1 aliphatic rings. The zero-order valence-electron chi connectivity index (χ0n) is 10.1. The average Bonchev–Trinajstić information content (AvgIpc) is 2.39. The lowest BCUT2D eigenvalue weighted by molar-refractivity contribution is -0.123. The maximum Gasteiger partial charge on any atom is 0.258 e. The third kappa shape index (κ3) is 3.87. The van der Waals surface area contributed by atoms with Gasteiger partial charge in [-0.1, -0.05) is 12.1 Å². The predicted molar refractivity (Wildman–Crippen MR) is 70.4 cm³/mol. The molecule has 1 heterocycles. The number of hydrogen-bond acceptors (Lipinski definition) is 4. The van der Waals surface area contributed by atoms with Gasteiger partial charge in [-0.3, -0.25) is 10.2 Å². The second-order valence-electron chi connectivity index (χ2n) is 4.08. The van der Waals surface area contributed by atoms with Crippen LogP contribution in [0.1, 0.15) is 5.56 Å². The predicted octanol–water partition coefficient (Wildman–Crippen LogP) is 0.645. The molecule has 1 fully saturated rings. The van der Waals surface area contributed by atoms with Gasteiger partial charge in [0.1, 0.15) is 0 Å². The van der Waals surface area contributed by atoms with Crippen molar-refractivity contribution in [2.45, 2.75) is 0 Å². The van der Waals surface area contributed by atoms with E-state index in [2.05, 4.69) is 5.43 Å². The summed E-state index contributed by atoms with van der Waals surface area (Å²) >= 11 is 0. The van der Waals surface area contributed by atoms with Gasteiger partial charge in [0.15, 0.2) is 0 Å². The molecule has 0 spiro atoms. The van der Waals surface area contributed by atoms with Crippen LogP contribution < -0.4 is 11.2 Å². The number of carbonyl (C=O) groups excluding carboxylic acids is 1. The first-order valence-electron chi connectivity index (χ1n) is 5.91. The molecule has 1 aromatic carbocycles. The largest absolute Gasteiger partial charge is 0.399 e. The number of anilines is 1. The van der Waals surface area contributed by atoms with Gasteiger partial charge in [-0.15, -0.1) is 0 Å². The molecule has 0 aliphatic carbocycles. The second-order valence-corrected chi connectivity index (χ2v) is 4.08. The number of hydrogen-bond donors (Lipinski definition) is 2. The van der Waals surface area contributed by atoms with E-state index in [9.17, 15) is 4.79 Å². The molecule has 0 radical (unpaired) electrons. The number of morpholine rings is 1. The first-order chi connectivity index (χ1) is 8.74. The van der Waals surface area contributed by atoms with Crippen molar-refractivity contribution in [2.75, 3.05) is 32.0 Å². The van der Waals surface area contributed by atoms with Crippen LogP contribution in [0.5, 0.6) is 0 Å². The molecule has 0 saturated carbocycles. The van der Waals surface area contributed by atoms with Crippen molar-refractivity contribution in [1.29, 1.82) is 0 Å². The van der Waals surface area contributed by atoms with Crippen molar-refractivity contribution in [3.05, 3.63) is 35.9 Å². The van der Waals surface area contributed by atoms with Crippen LogP contribution in [0.15, 0.2) is 30.3 Å². The average molecular weight is 247 g/mol. The van der Waals surface area contributed by atoms with E-state index in [1.54, 1.807) is 18.2 Å². The molecular formula is C13H17N3O2. The van der Waals surface area contributed by atoms with Crippen molar-refractivity contribution >= 4 is 17.7 Å². The Morgan fingerprint density at radius 3 is 2.61 bits per heavy atom. The fraction of sp³-hybridized carbons (Fsp3) is 0.308. The normalized spacial score (nSPS) is 16.9. The number of rotatable bonds is 3. The summed E-state index contributed by atoms with van der Waals surface area (Å²) in [6.07, 6.45) is 3.27. The lowest BCUT2D eigenvalue weighted by Gasteiger charge is -2.26. The molecule has 5 nitrogen and oxygen atoms in total. The number of nitrogen functional groups attached to an aromatic ring is 1. The van der Waals surface area contributed by atoms with Crippen LogP contribution >= 0.6 is 0 Å². The van der Waals surface area contributed by atoms with E-state index in [1.165, 1.54) is 6.08 Å². The highest BCUT2D eigenvalue weighted by atomic mass is 16.5. The Hall–Kier alpha value is -1.85. The van der Waals surface area contributed by atoms with E-state index in [1.807, 2.05) is 17.1 Å². The topological polar surface area (TPSA) is 67.6 Å². The van der Waals surface area contributed by atoms with Crippen molar-refractivity contribution in [2.24, 2.45) is 0 Å². The molecule has 1 aliphatic heterocycles. The van der Waals surface area contributed by atoms with Crippen LogP contribution in [0.25, 0.3) is 6.08 Å². The summed E-state index contributed by atoms with van der Waals surface area (Å²) in [6.45, 7) is 2.76. The minimum absolute atomic E-state index is 0.131. The van der Waals surface area contributed by atoms with Gasteiger partial charge in [-0.25, -0.2) is 5.01 Å². The quantitative estimate of drug-likeness (QED) is 0.608. The summed E-state index contributed by atoms with van der Waals surface area (Å²) in [5, 5.41) is 1.86. The molecule has 1 amide bonds. The van der Waals surface area contributed by atoms with Crippen LogP contribution in [0.4, 0.5) is 5.69 Å². The minimum atomic E-state index is -0.131. The highest BCUT2D eigenvalue weighted by molar-refractivity contribution is 5.91. The third-order valence-corrected chi connectivity index (χ3v) is 2.64. The molecule has 0 aromatic heterocycles. The van der Waals surface area contributed by atoms with Crippen LogP contribution in [-0.4, -0.2) is 37.2 Å². The summed E-state index contributed by atoms with van der Waals surface area (Å²) < 4.78 is 5.20. The molecule has 2 rings (SSSR count). The Labute approximate surface area is 106 Å². The Balaban J connectivity index is 1.84. The lowest BCUT2D eigenvalue weighted by Crippen LogP contribution is -2.47. The van der Waals surface area contributed by atoms with E-state index in [4.69, 9.17) is 10.5 Å². The summed E-state index contributed by atoms with van der Waals surface area (Å²) in [5.41, 5.74) is 10.0. The zero-order chi connectivity index (χ0) is 12.8. The van der Waals surface area contributed by atoms with Gasteiger partial charge in [0.25, 0.3) is 5.91 Å². The number of nitrogens with one attached hydrogen (secondary N) is 1. The fourth-order valence-electron chi connectivity index (χ4n) is 1.65. The first-order valence-corrected chi connectivity index (χ1v) is 5.91. The Morgan fingerprint density at radius 2 is 1.94 bits per heavy atom. The standard InChI is InChI=1S/C13H17N3O2/c14-12-4-1-11(2-5-12)3-6-13(17)15-16-7-9-18-10-8-16/h1-6H,7-10,14H2,(H,15,17)/b6-3+. The molecule has 5 heteroatoms. The molecule has 1 aromatic rings. The van der Waals surface area contributed by atoms with Gasteiger partial charge in [0, 0.05) is 24.9 Å². The number of benzene rings is 1. The summed E-state index contributed by atoms with van der Waals surface area (Å²) in [7, 11) is 0. The SMILES string of the molecule is Nc1ccc(/C=C/C(=O)NN2CCOCC2)cc1. The molecule has 96 valence electrons. The molecule has 18 heavy (non-hydrogen) atoms. The highest BCUT2D eigenvalue weighted by Gasteiger charge is 2.10. The first kappa shape index (κ1) is 12.6. The molecule has 0 bridgehead atoms. The maximum atomic E-state index is 11.6. The number of ether oxygens (including phenoxy) is 1. The highest BCUT2D eigenvalue weighted by Crippen LogP contribution is 2.06. The summed E-state index contributed by atoms with van der Waals surface area (Å²) in [4.78, 5) is 11.6. The molecule has 3 N–H and O–H groups in total. The summed E-state index contributed by atoms with van der Waals surface area (Å²) in [6, 6.07) is 7.35. The van der Waals surface area contributed by atoms with Crippen LogP contribution in [0.2, 0.25) is 0 Å². The minimum Gasteiger partial charge on any atom is -0.399 e. The van der Waals surface area contributed by atoms with Gasteiger partial charge in [-0.2, -0.15) is 0 Å². The molecule has 1 saturated heterocycles. The number of hydrazine groups is 1. The van der Waals surface area contributed by atoms with Gasteiger partial charge in [0.05, 0.1) is 13.2 Å². The summed E-state index contributed by atoms with van der Waals surface area (Å²) in [5.74, 6) is -0.131. The molecular weight excluding hydrogens is 230 g/mol. The fourth-order valence-corrected chi connectivity index (χ4v) is 1.65. The van der Waals surface area contributed by atoms with E-state index >= 15 is 0 Å². The molecule has 0 atom stereocenters.